The van der Waals surface area contributed by atoms with Crippen LogP contribution >= 0.6 is 0 Å². The molecular formula is C24H29F5N6O. The number of carbonyl (C=O) groups is 1. The second kappa shape index (κ2) is 10.5. The summed E-state index contributed by atoms with van der Waals surface area (Å²) in [7, 11) is 0. The van der Waals surface area contributed by atoms with Crippen molar-refractivity contribution < 1.29 is 26.7 Å². The van der Waals surface area contributed by atoms with Gasteiger partial charge in [-0.2, -0.15) is 13.2 Å². The maximum absolute atomic E-state index is 13.5. The Morgan fingerprint density at radius 3 is 2.19 bits per heavy atom. The number of hydrogen-bond acceptors (Lipinski definition) is 5. The van der Waals surface area contributed by atoms with Gasteiger partial charge in [-0.1, -0.05) is 6.07 Å². The van der Waals surface area contributed by atoms with Gasteiger partial charge in [0, 0.05) is 63.2 Å². The Labute approximate surface area is 206 Å². The van der Waals surface area contributed by atoms with E-state index < -0.39 is 23.4 Å². The van der Waals surface area contributed by atoms with Crippen LogP contribution in [0.15, 0.2) is 30.6 Å². The Morgan fingerprint density at radius 1 is 1.03 bits per heavy atom. The second-order valence-electron chi connectivity index (χ2n) is 9.53. The molecule has 0 aliphatic carbocycles. The van der Waals surface area contributed by atoms with E-state index in [2.05, 4.69) is 20.2 Å². The van der Waals surface area contributed by atoms with Crippen LogP contribution in [0, 0.1) is 11.6 Å². The predicted octanol–water partition coefficient (Wildman–Crippen LogP) is 4.05. The number of benzene rings is 1. The molecular weight excluding hydrogens is 483 g/mol. The number of halogens is 5. The van der Waals surface area contributed by atoms with Crippen molar-refractivity contribution in [2.45, 2.75) is 57.5 Å². The lowest BCUT2D eigenvalue weighted by Gasteiger charge is -2.45. The van der Waals surface area contributed by atoms with Gasteiger partial charge >= 0.3 is 12.2 Å². The third kappa shape index (κ3) is 6.03. The first-order chi connectivity index (χ1) is 17.0. The molecule has 2 fully saturated rings. The molecule has 0 saturated carbocycles. The van der Waals surface area contributed by atoms with Gasteiger partial charge in [-0.3, -0.25) is 4.90 Å². The minimum Gasteiger partial charge on any atom is -0.337 e. The molecule has 3 heterocycles. The van der Waals surface area contributed by atoms with Crippen LogP contribution in [0.4, 0.5) is 32.7 Å². The van der Waals surface area contributed by atoms with Crippen LogP contribution in [-0.4, -0.2) is 70.1 Å². The van der Waals surface area contributed by atoms with Crippen LogP contribution < -0.4 is 10.2 Å². The van der Waals surface area contributed by atoms with Crippen molar-refractivity contribution >= 4 is 12.0 Å². The molecule has 2 saturated heterocycles. The fraction of sp³-hybridized carbons (Fsp3) is 0.542. The van der Waals surface area contributed by atoms with Crippen molar-refractivity contribution in [1.82, 2.24) is 25.1 Å². The third-order valence-electron chi connectivity index (χ3n) is 6.71. The summed E-state index contributed by atoms with van der Waals surface area (Å²) in [6.07, 6.45) is -1.48. The zero-order valence-electron chi connectivity index (χ0n) is 20.1. The number of nitrogens with zero attached hydrogens (tertiary/aromatic N) is 5. The van der Waals surface area contributed by atoms with E-state index in [-0.39, 0.29) is 30.1 Å². The molecule has 1 aromatic heterocycles. The SMILES string of the molecule is C[C@@H]1CN(c2ncc(C(F)(F)F)cn2)C[C@H](C)N1C(=O)NC1CCN(Cc2ccc(F)c(F)c2)CC1. The number of likely N-dealkylation sites (tertiary alicyclic amines) is 1. The fourth-order valence-electron chi connectivity index (χ4n) is 4.90. The van der Waals surface area contributed by atoms with E-state index in [0.717, 1.165) is 31.3 Å². The molecule has 1 N–H and O–H groups in total. The summed E-state index contributed by atoms with van der Waals surface area (Å²) in [6.45, 7) is 6.52. The number of carbonyl (C=O) groups excluding carboxylic acids is 1. The Morgan fingerprint density at radius 2 is 1.64 bits per heavy atom. The largest absolute Gasteiger partial charge is 0.419 e. The quantitative estimate of drug-likeness (QED) is 0.627. The highest BCUT2D eigenvalue weighted by molar-refractivity contribution is 5.75. The minimum atomic E-state index is -4.50. The lowest BCUT2D eigenvalue weighted by Crippen LogP contribution is -2.62. The highest BCUT2D eigenvalue weighted by Gasteiger charge is 2.36. The molecule has 4 rings (SSSR count). The highest BCUT2D eigenvalue weighted by Crippen LogP contribution is 2.29. The summed E-state index contributed by atoms with van der Waals surface area (Å²) in [5.41, 5.74) is -0.199. The molecule has 196 valence electrons. The zero-order valence-corrected chi connectivity index (χ0v) is 20.1. The van der Waals surface area contributed by atoms with Crippen LogP contribution in [0.5, 0.6) is 0 Å². The number of amides is 2. The van der Waals surface area contributed by atoms with E-state index in [4.69, 9.17) is 0 Å². The molecule has 12 heteroatoms. The first-order valence-corrected chi connectivity index (χ1v) is 11.9. The number of urea groups is 1. The molecule has 2 aliphatic heterocycles. The van der Waals surface area contributed by atoms with Crippen LogP contribution in [0.2, 0.25) is 0 Å². The third-order valence-corrected chi connectivity index (χ3v) is 6.71. The molecule has 7 nitrogen and oxygen atoms in total. The molecule has 2 aromatic rings. The van der Waals surface area contributed by atoms with Gasteiger partial charge in [-0.05, 0) is 44.4 Å². The first-order valence-electron chi connectivity index (χ1n) is 11.9. The first kappa shape index (κ1) is 26.1. The molecule has 0 spiro atoms. The van der Waals surface area contributed by atoms with Crippen LogP contribution in [-0.2, 0) is 12.7 Å². The van der Waals surface area contributed by atoms with Gasteiger partial charge in [0.2, 0.25) is 5.95 Å². The number of piperidine rings is 1. The number of anilines is 1. The summed E-state index contributed by atoms with van der Waals surface area (Å²) >= 11 is 0. The number of rotatable bonds is 4. The summed E-state index contributed by atoms with van der Waals surface area (Å²) in [4.78, 5) is 26.5. The Bertz CT molecular complexity index is 1050. The summed E-state index contributed by atoms with van der Waals surface area (Å²) < 4.78 is 65.0. The van der Waals surface area contributed by atoms with E-state index in [1.165, 1.54) is 6.07 Å². The van der Waals surface area contributed by atoms with E-state index in [1.54, 1.807) is 15.9 Å². The number of hydrogen-bond donors (Lipinski definition) is 1. The average Bonchev–Trinajstić information content (AvgIpc) is 2.82. The van der Waals surface area contributed by atoms with Gasteiger partial charge < -0.3 is 15.1 Å². The summed E-state index contributed by atoms with van der Waals surface area (Å²) in [5, 5.41) is 3.11. The van der Waals surface area contributed by atoms with Gasteiger partial charge in [0.25, 0.3) is 0 Å². The van der Waals surface area contributed by atoms with Crippen LogP contribution in [0.3, 0.4) is 0 Å². The summed E-state index contributed by atoms with van der Waals surface area (Å²) in [5.74, 6) is -1.52. The number of piperazine rings is 1. The second-order valence-corrected chi connectivity index (χ2v) is 9.53. The average molecular weight is 513 g/mol. The number of aromatic nitrogens is 2. The van der Waals surface area contributed by atoms with Crippen LogP contribution in [0.1, 0.15) is 37.8 Å². The van der Waals surface area contributed by atoms with Gasteiger partial charge in [0.05, 0.1) is 5.56 Å². The summed E-state index contributed by atoms with van der Waals surface area (Å²) in [6, 6.07) is 3.33. The lowest BCUT2D eigenvalue weighted by molar-refractivity contribution is -0.138. The molecule has 2 atom stereocenters. The van der Waals surface area contributed by atoms with Gasteiger partial charge in [-0.15, -0.1) is 0 Å². The standard InChI is InChI=1S/C24H29F5N6O/c1-15-12-34(22-30-10-18(11-31-22)24(27,28)29)13-16(2)35(15)23(36)32-19-5-7-33(8-6-19)14-17-3-4-20(25)21(26)9-17/h3-4,9-11,15-16,19H,5-8,12-14H2,1-2H3,(H,32,36)/t15-,16+. The normalized spacial score (nSPS) is 22.1. The van der Waals surface area contributed by atoms with E-state index >= 15 is 0 Å². The molecule has 2 amide bonds. The van der Waals surface area contributed by atoms with Crippen molar-refractivity contribution in [3.63, 3.8) is 0 Å². The van der Waals surface area contributed by atoms with Crippen molar-refractivity contribution in [2.24, 2.45) is 0 Å². The van der Waals surface area contributed by atoms with Crippen molar-refractivity contribution in [2.75, 3.05) is 31.1 Å². The monoisotopic (exact) mass is 512 g/mol. The number of alkyl halides is 3. The molecule has 0 unspecified atom stereocenters. The van der Waals surface area contributed by atoms with E-state index in [9.17, 15) is 26.7 Å². The highest BCUT2D eigenvalue weighted by atomic mass is 19.4. The molecule has 36 heavy (non-hydrogen) atoms. The molecule has 0 bridgehead atoms. The fourth-order valence-corrected chi connectivity index (χ4v) is 4.90. The Balaban J connectivity index is 1.28. The lowest BCUT2D eigenvalue weighted by atomic mass is 10.0. The zero-order chi connectivity index (χ0) is 26.0. The van der Waals surface area contributed by atoms with Crippen molar-refractivity contribution in [3.05, 3.63) is 53.4 Å². The number of nitrogens with one attached hydrogen (secondary N) is 1. The van der Waals surface area contributed by atoms with Crippen LogP contribution in [0.25, 0.3) is 0 Å². The maximum Gasteiger partial charge on any atom is 0.419 e. The minimum absolute atomic E-state index is 0.00520. The van der Waals surface area contributed by atoms with Gasteiger partial charge in [-0.25, -0.2) is 23.5 Å². The van der Waals surface area contributed by atoms with Gasteiger partial charge in [0.1, 0.15) is 0 Å². The van der Waals surface area contributed by atoms with E-state index in [1.807, 2.05) is 13.8 Å². The molecule has 1 aromatic carbocycles. The topological polar surface area (TPSA) is 64.6 Å². The molecule has 0 radical (unpaired) electrons. The maximum atomic E-state index is 13.5. The van der Waals surface area contributed by atoms with Gasteiger partial charge in [0.15, 0.2) is 11.6 Å². The van der Waals surface area contributed by atoms with Crippen molar-refractivity contribution in [3.8, 4) is 0 Å². The Hall–Kier alpha value is -3.02. The molecule has 2 aliphatic rings. The smallest absolute Gasteiger partial charge is 0.337 e. The predicted molar refractivity (Wildman–Crippen MR) is 123 cm³/mol. The Kier molecular flexibility index (Phi) is 7.62. The van der Waals surface area contributed by atoms with Crippen molar-refractivity contribution in [1.29, 1.82) is 0 Å². The van der Waals surface area contributed by atoms with E-state index in [0.29, 0.717) is 38.3 Å².